The molecule has 1 saturated heterocycles. The molecule has 108 valence electrons. The molecule has 1 aliphatic rings. The average molecular weight is 275 g/mol. The number of aryl methyl sites for hydroxylation is 1. The maximum atomic E-state index is 11.9. The van der Waals surface area contributed by atoms with E-state index in [9.17, 15) is 9.59 Å². The van der Waals surface area contributed by atoms with Crippen molar-refractivity contribution < 1.29 is 9.59 Å². The second kappa shape index (κ2) is 7.17. The van der Waals surface area contributed by atoms with Crippen LogP contribution in [0.15, 0.2) is 24.3 Å². The third-order valence-corrected chi connectivity index (χ3v) is 3.41. The minimum Gasteiger partial charge on any atom is -0.314 e. The van der Waals surface area contributed by atoms with Crippen LogP contribution in [-0.2, 0) is 16.0 Å². The number of benzene rings is 1. The van der Waals surface area contributed by atoms with Gasteiger partial charge in [0.25, 0.3) is 0 Å². The van der Waals surface area contributed by atoms with E-state index in [0.717, 1.165) is 50.1 Å². The molecule has 1 aromatic carbocycles. The summed E-state index contributed by atoms with van der Waals surface area (Å²) >= 11 is 0. The van der Waals surface area contributed by atoms with Crippen LogP contribution in [0.1, 0.15) is 18.9 Å². The standard InChI is InChI=1S/C15H21N3O2/c1-13(20)18(17-10-8-16-9-11-17)15-6-4-14(5-7-15)3-2-12-19/h4-7,12,16H,2-3,8-11H2,1H3. The van der Waals surface area contributed by atoms with Gasteiger partial charge in [-0.25, -0.2) is 10.0 Å². The topological polar surface area (TPSA) is 52.7 Å². The minimum atomic E-state index is 0.0209. The van der Waals surface area contributed by atoms with Gasteiger partial charge in [-0.15, -0.1) is 0 Å². The highest BCUT2D eigenvalue weighted by Gasteiger charge is 2.21. The molecule has 0 bridgehead atoms. The molecule has 1 aliphatic heterocycles. The first-order valence-electron chi connectivity index (χ1n) is 7.01. The first-order valence-corrected chi connectivity index (χ1v) is 7.01. The SMILES string of the molecule is CC(=O)N(c1ccc(CCC=O)cc1)N1CCNCC1. The number of hydrazine groups is 1. The highest BCUT2D eigenvalue weighted by molar-refractivity contribution is 5.90. The maximum Gasteiger partial charge on any atom is 0.238 e. The van der Waals surface area contributed by atoms with Crippen molar-refractivity contribution >= 4 is 17.9 Å². The summed E-state index contributed by atoms with van der Waals surface area (Å²) in [4.78, 5) is 22.3. The summed E-state index contributed by atoms with van der Waals surface area (Å²) in [6.45, 7) is 5.02. The van der Waals surface area contributed by atoms with E-state index in [2.05, 4.69) is 10.3 Å². The highest BCUT2D eigenvalue weighted by Crippen LogP contribution is 2.19. The monoisotopic (exact) mass is 275 g/mol. The first kappa shape index (κ1) is 14.7. The molecule has 1 fully saturated rings. The largest absolute Gasteiger partial charge is 0.314 e. The number of anilines is 1. The highest BCUT2D eigenvalue weighted by atomic mass is 16.2. The normalized spacial score (nSPS) is 15.8. The number of nitrogens with one attached hydrogen (secondary N) is 1. The Balaban J connectivity index is 2.12. The van der Waals surface area contributed by atoms with Gasteiger partial charge in [0.15, 0.2) is 0 Å². The van der Waals surface area contributed by atoms with Crippen molar-refractivity contribution in [3.8, 4) is 0 Å². The predicted molar refractivity (Wildman–Crippen MR) is 78.4 cm³/mol. The van der Waals surface area contributed by atoms with Gasteiger partial charge >= 0.3 is 0 Å². The quantitative estimate of drug-likeness (QED) is 0.814. The fourth-order valence-electron chi connectivity index (χ4n) is 2.43. The van der Waals surface area contributed by atoms with Crippen molar-refractivity contribution in [3.63, 3.8) is 0 Å². The van der Waals surface area contributed by atoms with Crippen LogP contribution in [0.25, 0.3) is 0 Å². The van der Waals surface area contributed by atoms with Gasteiger partial charge < -0.3 is 10.1 Å². The van der Waals surface area contributed by atoms with Crippen LogP contribution in [0.3, 0.4) is 0 Å². The van der Waals surface area contributed by atoms with Crippen LogP contribution >= 0.6 is 0 Å². The van der Waals surface area contributed by atoms with E-state index in [1.807, 2.05) is 24.3 Å². The Labute approximate surface area is 119 Å². The van der Waals surface area contributed by atoms with E-state index in [1.165, 1.54) is 0 Å². The zero-order valence-electron chi connectivity index (χ0n) is 11.8. The van der Waals surface area contributed by atoms with Crippen molar-refractivity contribution in [2.75, 3.05) is 31.2 Å². The van der Waals surface area contributed by atoms with E-state index in [0.29, 0.717) is 6.42 Å². The number of hydrogen-bond acceptors (Lipinski definition) is 4. The number of carbonyl (C=O) groups is 2. The number of aldehydes is 1. The second-order valence-electron chi connectivity index (χ2n) is 4.91. The number of amides is 1. The van der Waals surface area contributed by atoms with Gasteiger partial charge in [0.05, 0.1) is 5.69 Å². The lowest BCUT2D eigenvalue weighted by molar-refractivity contribution is -0.119. The van der Waals surface area contributed by atoms with Crippen molar-refractivity contribution in [1.29, 1.82) is 0 Å². The zero-order valence-corrected chi connectivity index (χ0v) is 11.8. The van der Waals surface area contributed by atoms with Crippen molar-refractivity contribution in [2.45, 2.75) is 19.8 Å². The molecule has 0 radical (unpaired) electrons. The molecule has 5 heteroatoms. The molecule has 1 aromatic rings. The molecular weight excluding hydrogens is 254 g/mol. The molecule has 1 amide bonds. The molecule has 0 aliphatic carbocycles. The Morgan fingerprint density at radius 1 is 1.30 bits per heavy atom. The molecule has 1 N–H and O–H groups in total. The van der Waals surface area contributed by atoms with Crippen LogP contribution in [0.5, 0.6) is 0 Å². The van der Waals surface area contributed by atoms with Crippen LogP contribution in [0, 0.1) is 0 Å². The smallest absolute Gasteiger partial charge is 0.238 e. The molecule has 0 aromatic heterocycles. The number of piperazine rings is 1. The minimum absolute atomic E-state index is 0.0209. The van der Waals surface area contributed by atoms with Gasteiger partial charge in [-0.3, -0.25) is 4.79 Å². The van der Waals surface area contributed by atoms with Crippen molar-refractivity contribution in [3.05, 3.63) is 29.8 Å². The molecule has 0 atom stereocenters. The fraction of sp³-hybridized carbons (Fsp3) is 0.467. The molecule has 5 nitrogen and oxygen atoms in total. The molecular formula is C15H21N3O2. The number of rotatable bonds is 5. The summed E-state index contributed by atoms with van der Waals surface area (Å²) in [7, 11) is 0. The zero-order chi connectivity index (χ0) is 14.4. The Morgan fingerprint density at radius 2 is 1.95 bits per heavy atom. The Bertz CT molecular complexity index is 453. The maximum absolute atomic E-state index is 11.9. The summed E-state index contributed by atoms with van der Waals surface area (Å²) in [6, 6.07) is 7.86. The van der Waals surface area contributed by atoms with E-state index in [-0.39, 0.29) is 5.91 Å². The van der Waals surface area contributed by atoms with E-state index < -0.39 is 0 Å². The third kappa shape index (κ3) is 3.65. The second-order valence-corrected chi connectivity index (χ2v) is 4.91. The van der Waals surface area contributed by atoms with Gasteiger partial charge in [-0.05, 0) is 24.1 Å². The number of nitrogens with zero attached hydrogens (tertiary/aromatic N) is 2. The lowest BCUT2D eigenvalue weighted by Gasteiger charge is -2.37. The summed E-state index contributed by atoms with van der Waals surface area (Å²) in [5.41, 5.74) is 2.00. The summed E-state index contributed by atoms with van der Waals surface area (Å²) < 4.78 is 0. The lowest BCUT2D eigenvalue weighted by Crippen LogP contribution is -2.54. The van der Waals surface area contributed by atoms with E-state index in [4.69, 9.17) is 0 Å². The lowest BCUT2D eigenvalue weighted by atomic mass is 10.1. The Kier molecular flexibility index (Phi) is 5.26. The van der Waals surface area contributed by atoms with Crippen LogP contribution in [0.2, 0.25) is 0 Å². The van der Waals surface area contributed by atoms with E-state index in [1.54, 1.807) is 11.9 Å². The van der Waals surface area contributed by atoms with Crippen LogP contribution in [-0.4, -0.2) is 43.4 Å². The van der Waals surface area contributed by atoms with Gasteiger partial charge in [-0.2, -0.15) is 0 Å². The van der Waals surface area contributed by atoms with Crippen LogP contribution in [0.4, 0.5) is 5.69 Å². The molecule has 0 spiro atoms. The molecule has 20 heavy (non-hydrogen) atoms. The van der Waals surface area contributed by atoms with E-state index >= 15 is 0 Å². The average Bonchev–Trinajstić information content (AvgIpc) is 2.47. The first-order chi connectivity index (χ1) is 9.72. The number of hydrogen-bond donors (Lipinski definition) is 1. The molecule has 0 saturated carbocycles. The summed E-state index contributed by atoms with van der Waals surface area (Å²) in [5.74, 6) is 0.0209. The Morgan fingerprint density at radius 3 is 2.50 bits per heavy atom. The van der Waals surface area contributed by atoms with Gasteiger partial charge in [0.2, 0.25) is 5.91 Å². The van der Waals surface area contributed by atoms with Crippen LogP contribution < -0.4 is 10.3 Å². The van der Waals surface area contributed by atoms with Gasteiger partial charge in [-0.1, -0.05) is 12.1 Å². The van der Waals surface area contributed by atoms with Crippen molar-refractivity contribution in [1.82, 2.24) is 10.3 Å². The van der Waals surface area contributed by atoms with Gasteiger partial charge in [0.1, 0.15) is 6.29 Å². The fourth-order valence-corrected chi connectivity index (χ4v) is 2.43. The molecule has 1 heterocycles. The summed E-state index contributed by atoms with van der Waals surface area (Å²) in [5, 5.41) is 7.09. The molecule has 0 unspecified atom stereocenters. The molecule has 2 rings (SSSR count). The Hall–Kier alpha value is -1.72. The van der Waals surface area contributed by atoms with Crippen molar-refractivity contribution in [2.24, 2.45) is 0 Å². The predicted octanol–water partition coefficient (Wildman–Crippen LogP) is 0.991. The third-order valence-electron chi connectivity index (χ3n) is 3.41. The number of carbonyl (C=O) groups excluding carboxylic acids is 2. The van der Waals surface area contributed by atoms with Gasteiger partial charge in [0, 0.05) is 39.5 Å². The summed E-state index contributed by atoms with van der Waals surface area (Å²) in [6.07, 6.45) is 2.21.